The Morgan fingerprint density at radius 3 is 2.45 bits per heavy atom. The van der Waals surface area contributed by atoms with Crippen molar-refractivity contribution < 1.29 is 9.94 Å². The molecule has 1 rings (SSSR count). The molecule has 4 nitrogen and oxygen atoms in total. The Morgan fingerprint density at radius 1 is 1.25 bits per heavy atom. The molecule has 1 aromatic rings. The lowest BCUT2D eigenvalue weighted by Crippen LogP contribution is -2.33. The predicted octanol–water partition coefficient (Wildman–Crippen LogP) is 3.53. The number of amidine groups is 1. The number of nitrogens with zero attached hydrogens (tertiary/aromatic N) is 1. The van der Waals surface area contributed by atoms with Gasteiger partial charge in [-0.3, -0.25) is 0 Å². The van der Waals surface area contributed by atoms with E-state index in [9.17, 15) is 0 Å². The molecule has 0 spiro atoms. The molecular formula is C16H26N2O2. The third-order valence-electron chi connectivity index (χ3n) is 3.50. The molecule has 0 amide bonds. The summed E-state index contributed by atoms with van der Waals surface area (Å²) < 4.78 is 5.78. The second-order valence-corrected chi connectivity index (χ2v) is 6.75. The fourth-order valence-electron chi connectivity index (χ4n) is 1.74. The first-order chi connectivity index (χ1) is 9.16. The second kappa shape index (κ2) is 6.16. The van der Waals surface area contributed by atoms with Crippen molar-refractivity contribution in [2.45, 2.75) is 46.5 Å². The summed E-state index contributed by atoms with van der Waals surface area (Å²) in [5.41, 5.74) is 6.62. The van der Waals surface area contributed by atoms with Crippen molar-refractivity contribution in [3.63, 3.8) is 0 Å². The first kappa shape index (κ1) is 16.3. The fourth-order valence-corrected chi connectivity index (χ4v) is 1.74. The molecule has 4 heteroatoms. The van der Waals surface area contributed by atoms with Crippen LogP contribution in [0.2, 0.25) is 0 Å². The van der Waals surface area contributed by atoms with Crippen molar-refractivity contribution in [1.29, 1.82) is 0 Å². The molecular weight excluding hydrogens is 252 g/mol. The van der Waals surface area contributed by atoms with Crippen LogP contribution < -0.4 is 10.5 Å². The largest absolute Gasteiger partial charge is 0.494 e. The first-order valence-corrected chi connectivity index (χ1v) is 6.88. The van der Waals surface area contributed by atoms with Gasteiger partial charge in [0.05, 0.1) is 6.61 Å². The van der Waals surface area contributed by atoms with E-state index in [0.29, 0.717) is 13.0 Å². The van der Waals surface area contributed by atoms with E-state index in [-0.39, 0.29) is 16.7 Å². The maximum absolute atomic E-state index is 8.73. The summed E-state index contributed by atoms with van der Waals surface area (Å²) in [5, 5.41) is 11.8. The summed E-state index contributed by atoms with van der Waals surface area (Å²) in [6.07, 6.45) is 0.683. The van der Waals surface area contributed by atoms with Crippen LogP contribution in [0.5, 0.6) is 5.75 Å². The molecule has 0 saturated heterocycles. The average molecular weight is 278 g/mol. The minimum absolute atomic E-state index is 0.104. The molecule has 3 N–H and O–H groups in total. The van der Waals surface area contributed by atoms with Crippen molar-refractivity contribution in [2.24, 2.45) is 16.3 Å². The highest BCUT2D eigenvalue weighted by atomic mass is 16.5. The van der Waals surface area contributed by atoms with E-state index in [1.807, 2.05) is 26.0 Å². The van der Waals surface area contributed by atoms with Gasteiger partial charge in [0, 0.05) is 5.41 Å². The van der Waals surface area contributed by atoms with Gasteiger partial charge in [-0.15, -0.1) is 0 Å². The minimum atomic E-state index is -0.379. The summed E-state index contributed by atoms with van der Waals surface area (Å²) >= 11 is 0. The summed E-state index contributed by atoms with van der Waals surface area (Å²) in [6.45, 7) is 10.9. The molecule has 0 fully saturated rings. The van der Waals surface area contributed by atoms with Gasteiger partial charge >= 0.3 is 0 Å². The summed E-state index contributed by atoms with van der Waals surface area (Å²) in [5.74, 6) is 1.08. The van der Waals surface area contributed by atoms with Crippen LogP contribution in [0.25, 0.3) is 0 Å². The van der Waals surface area contributed by atoms with Crippen LogP contribution in [0.4, 0.5) is 0 Å². The van der Waals surface area contributed by atoms with Gasteiger partial charge in [0.15, 0.2) is 0 Å². The number of rotatable bonds is 5. The zero-order valence-electron chi connectivity index (χ0n) is 13.1. The van der Waals surface area contributed by atoms with Gasteiger partial charge in [0.1, 0.15) is 11.6 Å². The van der Waals surface area contributed by atoms with Crippen LogP contribution in [0.3, 0.4) is 0 Å². The molecule has 0 saturated carbocycles. The summed E-state index contributed by atoms with van der Waals surface area (Å²) in [7, 11) is 0. The Hall–Kier alpha value is -1.71. The monoisotopic (exact) mass is 278 g/mol. The van der Waals surface area contributed by atoms with Crippen LogP contribution in [-0.4, -0.2) is 17.6 Å². The number of benzene rings is 1. The van der Waals surface area contributed by atoms with Crippen molar-refractivity contribution in [3.8, 4) is 5.75 Å². The zero-order chi connectivity index (χ0) is 15.4. The number of nitrogens with two attached hydrogens (primary N) is 1. The van der Waals surface area contributed by atoms with Crippen LogP contribution in [0.1, 0.15) is 46.6 Å². The molecule has 0 unspecified atom stereocenters. The molecule has 0 radical (unpaired) electrons. The van der Waals surface area contributed by atoms with E-state index in [1.165, 1.54) is 5.56 Å². The maximum atomic E-state index is 8.73. The molecule has 20 heavy (non-hydrogen) atoms. The van der Waals surface area contributed by atoms with Gasteiger partial charge in [-0.1, -0.05) is 51.9 Å². The molecule has 0 aliphatic rings. The molecule has 0 aromatic heterocycles. The molecule has 0 aliphatic carbocycles. The fraction of sp³-hybridized carbons (Fsp3) is 0.562. The third kappa shape index (κ3) is 4.44. The van der Waals surface area contributed by atoms with Gasteiger partial charge in [-0.05, 0) is 29.5 Å². The average Bonchev–Trinajstić information content (AvgIpc) is 2.37. The van der Waals surface area contributed by atoms with Crippen molar-refractivity contribution in [3.05, 3.63) is 29.8 Å². The quantitative estimate of drug-likeness (QED) is 0.375. The maximum Gasteiger partial charge on any atom is 0.144 e. The van der Waals surface area contributed by atoms with Gasteiger partial charge in [-0.25, -0.2) is 0 Å². The van der Waals surface area contributed by atoms with E-state index in [2.05, 4.69) is 38.1 Å². The highest BCUT2D eigenvalue weighted by Gasteiger charge is 2.23. The van der Waals surface area contributed by atoms with Gasteiger partial charge in [0.25, 0.3) is 0 Å². The number of hydrogen-bond donors (Lipinski definition) is 2. The summed E-state index contributed by atoms with van der Waals surface area (Å²) in [4.78, 5) is 0. The topological polar surface area (TPSA) is 67.8 Å². The Balaban J connectivity index is 2.64. The first-order valence-electron chi connectivity index (χ1n) is 6.88. The van der Waals surface area contributed by atoms with Crippen molar-refractivity contribution in [1.82, 2.24) is 0 Å². The number of ether oxygens (including phenoxy) is 1. The highest BCUT2D eigenvalue weighted by molar-refractivity contribution is 5.85. The van der Waals surface area contributed by atoms with Crippen LogP contribution in [-0.2, 0) is 5.41 Å². The SMILES string of the molecule is CC(C)(CCOc1cccc(C(C)(C)C)c1)C(N)=NO. The molecule has 0 heterocycles. The smallest absolute Gasteiger partial charge is 0.144 e. The molecule has 1 aromatic carbocycles. The van der Waals surface area contributed by atoms with Crippen LogP contribution in [0, 0.1) is 5.41 Å². The Bertz CT molecular complexity index is 474. The summed E-state index contributed by atoms with van der Waals surface area (Å²) in [6, 6.07) is 8.13. The standard InChI is InChI=1S/C16H26N2O2/c1-15(2,3)12-7-6-8-13(11-12)20-10-9-16(4,5)14(17)18-19/h6-8,11,19H,9-10H2,1-5H3,(H2,17,18). The molecule has 0 bridgehead atoms. The van der Waals surface area contributed by atoms with E-state index < -0.39 is 0 Å². The van der Waals surface area contributed by atoms with Crippen LogP contribution >= 0.6 is 0 Å². The number of oxime groups is 1. The van der Waals surface area contributed by atoms with Gasteiger partial charge < -0.3 is 15.7 Å². The molecule has 112 valence electrons. The lowest BCUT2D eigenvalue weighted by atomic mass is 9.87. The minimum Gasteiger partial charge on any atom is -0.494 e. The van der Waals surface area contributed by atoms with E-state index in [0.717, 1.165) is 5.75 Å². The Morgan fingerprint density at radius 2 is 1.90 bits per heavy atom. The van der Waals surface area contributed by atoms with Crippen molar-refractivity contribution >= 4 is 5.84 Å². The second-order valence-electron chi connectivity index (χ2n) is 6.75. The van der Waals surface area contributed by atoms with Gasteiger partial charge in [0.2, 0.25) is 0 Å². The zero-order valence-corrected chi connectivity index (χ0v) is 13.1. The predicted molar refractivity (Wildman–Crippen MR) is 82.4 cm³/mol. The van der Waals surface area contributed by atoms with E-state index >= 15 is 0 Å². The lowest BCUT2D eigenvalue weighted by Gasteiger charge is -2.23. The van der Waals surface area contributed by atoms with E-state index in [1.54, 1.807) is 0 Å². The molecule has 0 aliphatic heterocycles. The highest BCUT2D eigenvalue weighted by Crippen LogP contribution is 2.26. The van der Waals surface area contributed by atoms with Gasteiger partial charge in [-0.2, -0.15) is 0 Å². The third-order valence-corrected chi connectivity index (χ3v) is 3.50. The van der Waals surface area contributed by atoms with Crippen LogP contribution in [0.15, 0.2) is 29.4 Å². The lowest BCUT2D eigenvalue weighted by molar-refractivity contribution is 0.259. The Kier molecular flexibility index (Phi) is 5.03. The Labute approximate surface area is 121 Å². The van der Waals surface area contributed by atoms with E-state index in [4.69, 9.17) is 15.7 Å². The van der Waals surface area contributed by atoms with Crippen molar-refractivity contribution in [2.75, 3.05) is 6.61 Å². The number of hydrogen-bond acceptors (Lipinski definition) is 3. The normalized spacial score (nSPS) is 13.3. The molecule has 0 atom stereocenters.